The third-order valence-corrected chi connectivity index (χ3v) is 6.09. The molecule has 0 radical (unpaired) electrons. The van der Waals surface area contributed by atoms with E-state index in [9.17, 15) is 4.79 Å². The highest BCUT2D eigenvalue weighted by molar-refractivity contribution is 7.14. The molecule has 3 aromatic rings. The van der Waals surface area contributed by atoms with Crippen LogP contribution in [-0.2, 0) is 0 Å². The highest BCUT2D eigenvalue weighted by Crippen LogP contribution is 2.33. The van der Waals surface area contributed by atoms with Crippen molar-refractivity contribution in [2.75, 3.05) is 24.8 Å². The second kappa shape index (κ2) is 7.71. The monoisotopic (exact) mass is 408 g/mol. The first-order chi connectivity index (χ1) is 14.3. The van der Waals surface area contributed by atoms with Crippen molar-refractivity contribution in [2.45, 2.75) is 18.9 Å². The van der Waals surface area contributed by atoms with Crippen molar-refractivity contribution >= 4 is 22.4 Å². The van der Waals surface area contributed by atoms with E-state index in [-0.39, 0.29) is 18.7 Å². The fraction of sp³-hybridized carbons (Fsp3) is 0.286. The van der Waals surface area contributed by atoms with Gasteiger partial charge >= 0.3 is 0 Å². The SMILES string of the molecule is O=C(NC1CCN(c2nc(-c3cccnc3)cs2)CC1)c1ccc2c(c1)OCO2. The Morgan fingerprint density at radius 1 is 1.17 bits per heavy atom. The highest BCUT2D eigenvalue weighted by atomic mass is 32.1. The van der Waals surface area contributed by atoms with Gasteiger partial charge in [-0.3, -0.25) is 9.78 Å². The maximum Gasteiger partial charge on any atom is 0.251 e. The number of carbonyl (C=O) groups excluding carboxylic acids is 1. The number of hydrogen-bond donors (Lipinski definition) is 1. The third kappa shape index (κ3) is 3.75. The minimum Gasteiger partial charge on any atom is -0.454 e. The minimum absolute atomic E-state index is 0.0742. The molecule has 0 unspecified atom stereocenters. The molecule has 1 aromatic carbocycles. The van der Waals surface area contributed by atoms with E-state index in [2.05, 4.69) is 20.6 Å². The number of nitrogens with zero attached hydrogens (tertiary/aromatic N) is 3. The molecule has 0 saturated carbocycles. The summed E-state index contributed by atoms with van der Waals surface area (Å²) in [5.41, 5.74) is 2.58. The van der Waals surface area contributed by atoms with E-state index in [1.54, 1.807) is 35.7 Å². The molecule has 2 aromatic heterocycles. The van der Waals surface area contributed by atoms with E-state index in [0.29, 0.717) is 17.1 Å². The van der Waals surface area contributed by atoms with Crippen LogP contribution in [0.2, 0.25) is 0 Å². The first kappa shape index (κ1) is 17.9. The molecule has 1 saturated heterocycles. The Labute approximate surface area is 172 Å². The van der Waals surface area contributed by atoms with Gasteiger partial charge in [-0.2, -0.15) is 0 Å². The number of hydrogen-bond acceptors (Lipinski definition) is 7. The van der Waals surface area contributed by atoms with Crippen LogP contribution in [-0.4, -0.2) is 41.8 Å². The Hall–Kier alpha value is -3.13. The maximum absolute atomic E-state index is 12.6. The topological polar surface area (TPSA) is 76.6 Å². The molecular formula is C21H20N4O3S. The Morgan fingerprint density at radius 3 is 2.86 bits per heavy atom. The predicted octanol–water partition coefficient (Wildman–Crippen LogP) is 3.33. The maximum atomic E-state index is 12.6. The number of thiazole rings is 1. The zero-order valence-electron chi connectivity index (χ0n) is 15.7. The van der Waals surface area contributed by atoms with Crippen LogP contribution in [0.3, 0.4) is 0 Å². The van der Waals surface area contributed by atoms with Crippen LogP contribution >= 0.6 is 11.3 Å². The highest BCUT2D eigenvalue weighted by Gasteiger charge is 2.24. The number of rotatable bonds is 4. The number of pyridine rings is 1. The van der Waals surface area contributed by atoms with Crippen LogP contribution in [0.1, 0.15) is 23.2 Å². The van der Waals surface area contributed by atoms with E-state index in [4.69, 9.17) is 14.5 Å². The summed E-state index contributed by atoms with van der Waals surface area (Å²) in [6, 6.07) is 9.38. The molecule has 1 N–H and O–H groups in total. The van der Waals surface area contributed by atoms with Crippen molar-refractivity contribution in [2.24, 2.45) is 0 Å². The van der Waals surface area contributed by atoms with Gasteiger partial charge in [0.2, 0.25) is 6.79 Å². The van der Waals surface area contributed by atoms with Crippen molar-refractivity contribution in [1.29, 1.82) is 0 Å². The van der Waals surface area contributed by atoms with Crippen molar-refractivity contribution in [3.63, 3.8) is 0 Å². The number of nitrogens with one attached hydrogen (secondary N) is 1. The number of piperidine rings is 1. The van der Waals surface area contributed by atoms with Crippen molar-refractivity contribution in [3.05, 3.63) is 53.7 Å². The van der Waals surface area contributed by atoms with Gasteiger partial charge in [0.25, 0.3) is 5.91 Å². The van der Waals surface area contributed by atoms with Crippen LogP contribution in [0.15, 0.2) is 48.1 Å². The molecule has 2 aliphatic rings. The molecule has 7 nitrogen and oxygen atoms in total. The quantitative estimate of drug-likeness (QED) is 0.714. The third-order valence-electron chi connectivity index (χ3n) is 5.18. The lowest BCUT2D eigenvalue weighted by Gasteiger charge is -2.32. The average Bonchev–Trinajstić information content (AvgIpc) is 3.44. The van der Waals surface area contributed by atoms with Crippen molar-refractivity contribution in [3.8, 4) is 22.8 Å². The second-order valence-electron chi connectivity index (χ2n) is 7.06. The summed E-state index contributed by atoms with van der Waals surface area (Å²) in [5, 5.41) is 6.23. The summed E-state index contributed by atoms with van der Waals surface area (Å²) in [7, 11) is 0. The van der Waals surface area contributed by atoms with Crippen molar-refractivity contribution in [1.82, 2.24) is 15.3 Å². The van der Waals surface area contributed by atoms with E-state index < -0.39 is 0 Å². The number of benzene rings is 1. The van der Waals surface area contributed by atoms with Gasteiger partial charge in [-0.25, -0.2) is 4.98 Å². The number of carbonyl (C=O) groups is 1. The molecule has 1 fully saturated rings. The lowest BCUT2D eigenvalue weighted by molar-refractivity contribution is 0.0930. The summed E-state index contributed by atoms with van der Waals surface area (Å²) in [4.78, 5) is 23.8. The average molecular weight is 408 g/mol. The Kier molecular flexibility index (Phi) is 4.77. The van der Waals surface area contributed by atoms with Crippen LogP contribution in [0.25, 0.3) is 11.3 Å². The predicted molar refractivity (Wildman–Crippen MR) is 111 cm³/mol. The fourth-order valence-corrected chi connectivity index (χ4v) is 4.47. The molecule has 8 heteroatoms. The Bertz CT molecular complexity index is 1020. The molecule has 2 aliphatic heterocycles. The summed E-state index contributed by atoms with van der Waals surface area (Å²) in [6.45, 7) is 1.94. The zero-order chi connectivity index (χ0) is 19.6. The molecule has 0 bridgehead atoms. The van der Waals surface area contributed by atoms with Crippen LogP contribution in [0.4, 0.5) is 5.13 Å². The summed E-state index contributed by atoms with van der Waals surface area (Å²) >= 11 is 1.65. The lowest BCUT2D eigenvalue weighted by Crippen LogP contribution is -2.44. The van der Waals surface area contributed by atoms with Gasteiger partial charge in [0.1, 0.15) is 0 Å². The molecule has 4 heterocycles. The Morgan fingerprint density at radius 2 is 2.03 bits per heavy atom. The summed E-state index contributed by atoms with van der Waals surface area (Å²) in [5.74, 6) is 1.24. The van der Waals surface area contributed by atoms with Crippen LogP contribution in [0, 0.1) is 0 Å². The molecular weight excluding hydrogens is 388 g/mol. The van der Waals surface area contributed by atoms with Crippen LogP contribution in [0.5, 0.6) is 11.5 Å². The Balaban J connectivity index is 1.18. The molecule has 0 spiro atoms. The number of anilines is 1. The number of amides is 1. The largest absolute Gasteiger partial charge is 0.454 e. The molecule has 29 heavy (non-hydrogen) atoms. The summed E-state index contributed by atoms with van der Waals surface area (Å²) in [6.07, 6.45) is 5.37. The normalized spacial score (nSPS) is 16.1. The van der Waals surface area contributed by atoms with Crippen molar-refractivity contribution < 1.29 is 14.3 Å². The minimum atomic E-state index is -0.0742. The number of aromatic nitrogens is 2. The summed E-state index contributed by atoms with van der Waals surface area (Å²) < 4.78 is 10.7. The van der Waals surface area contributed by atoms with E-state index >= 15 is 0 Å². The second-order valence-corrected chi connectivity index (χ2v) is 7.90. The smallest absolute Gasteiger partial charge is 0.251 e. The molecule has 5 rings (SSSR count). The number of fused-ring (bicyclic) bond motifs is 1. The first-order valence-corrected chi connectivity index (χ1v) is 10.5. The van der Waals surface area contributed by atoms with Gasteiger partial charge in [-0.15, -0.1) is 11.3 Å². The van der Waals surface area contributed by atoms with E-state index in [0.717, 1.165) is 42.3 Å². The van der Waals surface area contributed by atoms with Crippen LogP contribution < -0.4 is 19.7 Å². The standard InChI is InChI=1S/C21H20N4O3S/c26-20(14-3-4-18-19(10-14)28-13-27-18)23-16-5-8-25(9-6-16)21-24-17(12-29-21)15-2-1-7-22-11-15/h1-4,7,10-12,16H,5-6,8-9,13H2,(H,23,26). The first-order valence-electron chi connectivity index (χ1n) is 9.58. The van der Waals surface area contributed by atoms with Gasteiger partial charge < -0.3 is 19.7 Å². The van der Waals surface area contributed by atoms with Gasteiger partial charge in [-0.05, 0) is 43.2 Å². The van der Waals surface area contributed by atoms with Gasteiger partial charge in [0.15, 0.2) is 16.6 Å². The van der Waals surface area contributed by atoms with E-state index in [1.165, 1.54) is 0 Å². The fourth-order valence-electron chi connectivity index (χ4n) is 3.58. The zero-order valence-corrected chi connectivity index (χ0v) is 16.5. The van der Waals surface area contributed by atoms with Gasteiger partial charge in [0.05, 0.1) is 5.69 Å². The number of ether oxygens (including phenoxy) is 2. The van der Waals surface area contributed by atoms with E-state index in [1.807, 2.05) is 18.3 Å². The molecule has 1 amide bonds. The molecule has 0 aliphatic carbocycles. The van der Waals surface area contributed by atoms with Gasteiger partial charge in [-0.1, -0.05) is 0 Å². The molecule has 148 valence electrons. The van der Waals surface area contributed by atoms with Gasteiger partial charge in [0, 0.05) is 48.0 Å². The molecule has 0 atom stereocenters. The lowest BCUT2D eigenvalue weighted by atomic mass is 10.0.